The molecule has 2 aromatic heterocycles. The Labute approximate surface area is 198 Å². The number of benzene rings is 2. The van der Waals surface area contributed by atoms with Crippen LogP contribution < -0.4 is 10.1 Å². The predicted octanol–water partition coefficient (Wildman–Crippen LogP) is 5.81. The predicted molar refractivity (Wildman–Crippen MR) is 130 cm³/mol. The molecule has 0 aliphatic heterocycles. The van der Waals surface area contributed by atoms with Crippen molar-refractivity contribution in [1.82, 2.24) is 14.9 Å². The van der Waals surface area contributed by atoms with E-state index in [2.05, 4.69) is 16.0 Å². The second-order valence-corrected chi connectivity index (χ2v) is 8.38. The summed E-state index contributed by atoms with van der Waals surface area (Å²) in [7, 11) is 0. The van der Waals surface area contributed by atoms with Gasteiger partial charge in [0.25, 0.3) is 5.91 Å². The molecule has 2 heterocycles. The van der Waals surface area contributed by atoms with Gasteiger partial charge in [0, 0.05) is 24.5 Å². The van der Waals surface area contributed by atoms with Gasteiger partial charge in [-0.1, -0.05) is 23.7 Å². The third-order valence-electron chi connectivity index (χ3n) is 5.52. The van der Waals surface area contributed by atoms with Gasteiger partial charge in [-0.05, 0) is 74.2 Å². The van der Waals surface area contributed by atoms with Crippen LogP contribution in [0.15, 0.2) is 65.3 Å². The van der Waals surface area contributed by atoms with Gasteiger partial charge in [0.15, 0.2) is 5.76 Å². The van der Waals surface area contributed by atoms with Crippen molar-refractivity contribution < 1.29 is 13.9 Å². The minimum atomic E-state index is -0.190. The topological polar surface area (TPSA) is 69.3 Å². The highest BCUT2D eigenvalue weighted by molar-refractivity contribution is 6.31. The van der Waals surface area contributed by atoms with Crippen molar-refractivity contribution in [3.63, 3.8) is 0 Å². The van der Waals surface area contributed by atoms with E-state index in [1.165, 1.54) is 6.26 Å². The number of hydrogen-bond donors (Lipinski definition) is 1. The van der Waals surface area contributed by atoms with Crippen molar-refractivity contribution in [2.24, 2.45) is 0 Å². The van der Waals surface area contributed by atoms with Crippen LogP contribution in [0.4, 0.5) is 0 Å². The fraction of sp³-hybridized carbons (Fsp3) is 0.308. The molecule has 0 spiro atoms. The Hall–Kier alpha value is -3.25. The Morgan fingerprint density at radius 1 is 1.12 bits per heavy atom. The minimum absolute atomic E-state index is 0.190. The minimum Gasteiger partial charge on any atom is -0.494 e. The van der Waals surface area contributed by atoms with Crippen LogP contribution in [-0.4, -0.2) is 28.6 Å². The molecule has 0 radical (unpaired) electrons. The second kappa shape index (κ2) is 11.1. The van der Waals surface area contributed by atoms with Gasteiger partial charge >= 0.3 is 0 Å². The van der Waals surface area contributed by atoms with Crippen LogP contribution in [0.25, 0.3) is 11.0 Å². The van der Waals surface area contributed by atoms with Crippen LogP contribution in [0.3, 0.4) is 0 Å². The number of imidazole rings is 1. The SMILES string of the molecule is Cc1cc(OCCCCn2c(CCCNC(=O)c3ccco3)nc3ccccc32)ccc1Cl. The molecule has 1 N–H and O–H groups in total. The van der Waals surface area contributed by atoms with Crippen molar-refractivity contribution in [3.05, 3.63) is 83.0 Å². The first-order valence-corrected chi connectivity index (χ1v) is 11.6. The van der Waals surface area contributed by atoms with Gasteiger partial charge in [-0.2, -0.15) is 0 Å². The average molecular weight is 466 g/mol. The lowest BCUT2D eigenvalue weighted by Crippen LogP contribution is -2.24. The van der Waals surface area contributed by atoms with Crippen molar-refractivity contribution in [3.8, 4) is 5.75 Å². The third kappa shape index (κ3) is 5.96. The molecule has 0 saturated heterocycles. The zero-order valence-corrected chi connectivity index (χ0v) is 19.5. The van der Waals surface area contributed by atoms with E-state index >= 15 is 0 Å². The molecule has 0 aliphatic carbocycles. The van der Waals surface area contributed by atoms with Gasteiger partial charge in [0.2, 0.25) is 0 Å². The maximum Gasteiger partial charge on any atom is 0.286 e. The standard InChI is InChI=1S/C26H28ClN3O3/c1-19-18-20(12-13-21(19)27)32-16-5-4-15-30-23-9-3-2-8-22(23)29-25(30)11-6-14-28-26(31)24-10-7-17-33-24/h2-3,7-10,12-13,17-18H,4-6,11,14-16H2,1H3,(H,28,31). The quantitative estimate of drug-likeness (QED) is 0.284. The maximum atomic E-state index is 12.0. The summed E-state index contributed by atoms with van der Waals surface area (Å²) in [5, 5.41) is 3.65. The van der Waals surface area contributed by atoms with E-state index in [1.54, 1.807) is 12.1 Å². The number of hydrogen-bond acceptors (Lipinski definition) is 4. The average Bonchev–Trinajstić information content (AvgIpc) is 3.47. The largest absolute Gasteiger partial charge is 0.494 e. The molecule has 1 amide bonds. The van der Waals surface area contributed by atoms with E-state index in [0.29, 0.717) is 18.9 Å². The van der Waals surface area contributed by atoms with Crippen LogP contribution in [0.1, 0.15) is 41.2 Å². The van der Waals surface area contributed by atoms with Crippen molar-refractivity contribution in [2.75, 3.05) is 13.2 Å². The summed E-state index contributed by atoms with van der Waals surface area (Å²) < 4.78 is 13.3. The summed E-state index contributed by atoms with van der Waals surface area (Å²) in [5.41, 5.74) is 3.16. The Morgan fingerprint density at radius 2 is 2.00 bits per heavy atom. The zero-order valence-electron chi connectivity index (χ0n) is 18.7. The number of carbonyl (C=O) groups excluding carboxylic acids is 1. The van der Waals surface area contributed by atoms with Gasteiger partial charge in [-0.25, -0.2) is 4.98 Å². The molecule has 2 aromatic carbocycles. The van der Waals surface area contributed by atoms with Crippen LogP contribution in [0, 0.1) is 6.92 Å². The third-order valence-corrected chi connectivity index (χ3v) is 5.94. The molecule has 33 heavy (non-hydrogen) atoms. The van der Waals surface area contributed by atoms with E-state index in [0.717, 1.165) is 65.4 Å². The number of carbonyl (C=O) groups is 1. The maximum absolute atomic E-state index is 12.0. The molecule has 0 aliphatic rings. The number of nitrogens with zero attached hydrogens (tertiary/aromatic N) is 2. The Balaban J connectivity index is 1.29. The number of aryl methyl sites for hydroxylation is 3. The normalized spacial score (nSPS) is 11.1. The molecule has 0 bridgehead atoms. The highest BCUT2D eigenvalue weighted by Gasteiger charge is 2.11. The van der Waals surface area contributed by atoms with Gasteiger partial charge in [0.1, 0.15) is 11.6 Å². The molecule has 4 aromatic rings. The number of furan rings is 1. The Morgan fingerprint density at radius 3 is 2.82 bits per heavy atom. The molecule has 0 atom stereocenters. The molecular weight excluding hydrogens is 438 g/mol. The van der Waals surface area contributed by atoms with Crippen LogP contribution in [0.5, 0.6) is 5.75 Å². The first kappa shape index (κ1) is 22.9. The fourth-order valence-corrected chi connectivity index (χ4v) is 3.90. The molecule has 0 unspecified atom stereocenters. The summed E-state index contributed by atoms with van der Waals surface area (Å²) in [6.07, 6.45) is 5.00. The first-order chi connectivity index (χ1) is 16.1. The molecule has 172 valence electrons. The summed E-state index contributed by atoms with van der Waals surface area (Å²) in [6, 6.07) is 17.3. The van der Waals surface area contributed by atoms with E-state index in [1.807, 2.05) is 43.3 Å². The lowest BCUT2D eigenvalue weighted by molar-refractivity contribution is 0.0925. The first-order valence-electron chi connectivity index (χ1n) is 11.3. The smallest absolute Gasteiger partial charge is 0.286 e. The van der Waals surface area contributed by atoms with E-state index in [4.69, 9.17) is 25.7 Å². The van der Waals surface area contributed by atoms with Crippen LogP contribution in [-0.2, 0) is 13.0 Å². The number of ether oxygens (including phenoxy) is 1. The molecular formula is C26H28ClN3O3. The lowest BCUT2D eigenvalue weighted by atomic mass is 10.2. The zero-order chi connectivity index (χ0) is 23.0. The van der Waals surface area contributed by atoms with Crippen LogP contribution in [0.2, 0.25) is 5.02 Å². The number of fused-ring (bicyclic) bond motifs is 1. The van der Waals surface area contributed by atoms with Gasteiger partial charge in [-0.3, -0.25) is 4.79 Å². The number of halogens is 1. The number of rotatable bonds is 11. The van der Waals surface area contributed by atoms with Crippen molar-refractivity contribution in [2.45, 2.75) is 39.2 Å². The van der Waals surface area contributed by atoms with Crippen LogP contribution >= 0.6 is 11.6 Å². The van der Waals surface area contributed by atoms with Gasteiger partial charge in [0.05, 0.1) is 23.9 Å². The van der Waals surface area contributed by atoms with Gasteiger partial charge < -0.3 is 19.0 Å². The molecule has 4 rings (SSSR count). The summed E-state index contributed by atoms with van der Waals surface area (Å²) in [6.45, 7) is 4.07. The molecule has 7 heteroatoms. The van der Waals surface area contributed by atoms with Gasteiger partial charge in [-0.15, -0.1) is 0 Å². The van der Waals surface area contributed by atoms with E-state index in [9.17, 15) is 4.79 Å². The number of amides is 1. The van der Waals surface area contributed by atoms with Crippen molar-refractivity contribution in [1.29, 1.82) is 0 Å². The molecule has 0 saturated carbocycles. The lowest BCUT2D eigenvalue weighted by Gasteiger charge is -2.11. The summed E-state index contributed by atoms with van der Waals surface area (Å²) in [4.78, 5) is 16.9. The summed E-state index contributed by atoms with van der Waals surface area (Å²) >= 11 is 6.08. The number of aromatic nitrogens is 2. The molecule has 0 fully saturated rings. The fourth-order valence-electron chi connectivity index (χ4n) is 3.78. The number of nitrogens with one attached hydrogen (secondary N) is 1. The summed E-state index contributed by atoms with van der Waals surface area (Å²) in [5.74, 6) is 2.03. The van der Waals surface area contributed by atoms with Crippen molar-refractivity contribution >= 4 is 28.5 Å². The Bertz CT molecular complexity index is 1200. The number of para-hydroxylation sites is 2. The second-order valence-electron chi connectivity index (χ2n) is 7.97. The van der Waals surface area contributed by atoms with E-state index in [-0.39, 0.29) is 5.91 Å². The number of unbranched alkanes of at least 4 members (excludes halogenated alkanes) is 1. The Kier molecular flexibility index (Phi) is 7.68. The monoisotopic (exact) mass is 465 g/mol. The van der Waals surface area contributed by atoms with E-state index < -0.39 is 0 Å². The highest BCUT2D eigenvalue weighted by Crippen LogP contribution is 2.22. The highest BCUT2D eigenvalue weighted by atomic mass is 35.5. The molecule has 6 nitrogen and oxygen atoms in total.